The SMILES string of the molecule is COC(=O)c1cccc(CS(=O)(=O)N2CCC(OC)CC2CN)c1. The zero-order chi connectivity index (χ0) is 17.7. The number of piperidine rings is 1. The standard InChI is InChI=1S/C16H24N2O5S/c1-22-15-6-7-18(14(9-15)10-17)24(20,21)11-12-4-3-5-13(8-12)16(19)23-2/h3-5,8,14-15H,6-7,9-11,17H2,1-2H3. The van der Waals surface area contributed by atoms with Crippen LogP contribution in [-0.4, -0.2) is 58.1 Å². The lowest BCUT2D eigenvalue weighted by molar-refractivity contribution is 0.0401. The van der Waals surface area contributed by atoms with E-state index in [0.717, 1.165) is 0 Å². The second-order valence-electron chi connectivity index (χ2n) is 5.83. The maximum Gasteiger partial charge on any atom is 0.337 e. The van der Waals surface area contributed by atoms with Crippen molar-refractivity contribution in [3.8, 4) is 0 Å². The first-order valence-corrected chi connectivity index (χ1v) is 9.41. The Balaban J connectivity index is 2.17. The molecule has 7 nitrogen and oxygen atoms in total. The second kappa shape index (κ2) is 8.06. The first-order chi connectivity index (χ1) is 11.4. The van der Waals surface area contributed by atoms with Gasteiger partial charge in [-0.05, 0) is 30.5 Å². The van der Waals surface area contributed by atoms with E-state index >= 15 is 0 Å². The van der Waals surface area contributed by atoms with Crippen molar-refractivity contribution in [3.05, 3.63) is 35.4 Å². The van der Waals surface area contributed by atoms with Crippen molar-refractivity contribution < 1.29 is 22.7 Å². The molecule has 1 aromatic carbocycles. The van der Waals surface area contributed by atoms with Gasteiger partial charge in [-0.2, -0.15) is 4.31 Å². The van der Waals surface area contributed by atoms with Crippen LogP contribution in [0.2, 0.25) is 0 Å². The monoisotopic (exact) mass is 356 g/mol. The average molecular weight is 356 g/mol. The highest BCUT2D eigenvalue weighted by atomic mass is 32.2. The van der Waals surface area contributed by atoms with Gasteiger partial charge in [0.25, 0.3) is 0 Å². The van der Waals surface area contributed by atoms with Crippen LogP contribution < -0.4 is 5.73 Å². The first kappa shape index (κ1) is 18.9. The van der Waals surface area contributed by atoms with Gasteiger partial charge in [0.2, 0.25) is 10.0 Å². The predicted octanol–water partition coefficient (Wildman–Crippen LogP) is 0.741. The molecule has 0 aliphatic carbocycles. The fourth-order valence-electron chi connectivity index (χ4n) is 2.99. The molecule has 2 unspecified atom stereocenters. The number of carbonyl (C=O) groups is 1. The van der Waals surface area contributed by atoms with Crippen LogP contribution in [0, 0.1) is 0 Å². The van der Waals surface area contributed by atoms with Gasteiger partial charge in [0, 0.05) is 26.2 Å². The largest absolute Gasteiger partial charge is 0.465 e. The normalized spacial score (nSPS) is 22.3. The van der Waals surface area contributed by atoms with E-state index in [2.05, 4.69) is 4.74 Å². The van der Waals surface area contributed by atoms with Crippen molar-refractivity contribution in [3.63, 3.8) is 0 Å². The predicted molar refractivity (Wildman–Crippen MR) is 90.0 cm³/mol. The number of methoxy groups -OCH3 is 2. The minimum Gasteiger partial charge on any atom is -0.465 e. The summed E-state index contributed by atoms with van der Waals surface area (Å²) in [5.41, 5.74) is 6.64. The van der Waals surface area contributed by atoms with E-state index in [1.165, 1.54) is 11.4 Å². The molecule has 2 rings (SSSR count). The van der Waals surface area contributed by atoms with Crippen LogP contribution >= 0.6 is 0 Å². The van der Waals surface area contributed by atoms with Crippen LogP contribution in [0.4, 0.5) is 0 Å². The molecule has 1 heterocycles. The zero-order valence-electron chi connectivity index (χ0n) is 14.0. The van der Waals surface area contributed by atoms with Crippen LogP contribution in [0.25, 0.3) is 0 Å². The van der Waals surface area contributed by atoms with E-state index in [1.807, 2.05) is 0 Å². The summed E-state index contributed by atoms with van der Waals surface area (Å²) in [6, 6.07) is 6.20. The molecule has 1 aliphatic rings. The third-order valence-corrected chi connectivity index (χ3v) is 6.17. The van der Waals surface area contributed by atoms with Crippen LogP contribution in [-0.2, 0) is 25.2 Å². The number of rotatable bonds is 6. The van der Waals surface area contributed by atoms with Gasteiger partial charge in [0.05, 0.1) is 24.5 Å². The van der Waals surface area contributed by atoms with Crippen molar-refractivity contribution in [2.24, 2.45) is 5.73 Å². The summed E-state index contributed by atoms with van der Waals surface area (Å²) in [5.74, 6) is -0.665. The molecule has 134 valence electrons. The van der Waals surface area contributed by atoms with Gasteiger partial charge < -0.3 is 15.2 Å². The minimum absolute atomic E-state index is 0.0349. The van der Waals surface area contributed by atoms with Gasteiger partial charge >= 0.3 is 5.97 Å². The van der Waals surface area contributed by atoms with E-state index < -0.39 is 16.0 Å². The molecule has 0 spiro atoms. The molecule has 1 fully saturated rings. The summed E-state index contributed by atoms with van der Waals surface area (Å²) in [6.07, 6.45) is 1.27. The molecular formula is C16H24N2O5S. The van der Waals surface area contributed by atoms with Gasteiger partial charge in [0.15, 0.2) is 0 Å². The molecule has 2 atom stereocenters. The molecule has 1 saturated heterocycles. The van der Waals surface area contributed by atoms with Gasteiger partial charge in [0.1, 0.15) is 0 Å². The highest BCUT2D eigenvalue weighted by molar-refractivity contribution is 7.88. The molecule has 2 N–H and O–H groups in total. The summed E-state index contributed by atoms with van der Waals surface area (Å²) < 4.78 is 37.0. The van der Waals surface area contributed by atoms with Crippen molar-refractivity contribution in [1.29, 1.82) is 0 Å². The summed E-state index contributed by atoms with van der Waals surface area (Å²) in [7, 11) is -0.618. The first-order valence-electron chi connectivity index (χ1n) is 7.81. The fourth-order valence-corrected chi connectivity index (χ4v) is 4.76. The lowest BCUT2D eigenvalue weighted by atomic mass is 10.0. The van der Waals surface area contributed by atoms with E-state index in [1.54, 1.807) is 31.4 Å². The van der Waals surface area contributed by atoms with Crippen molar-refractivity contribution in [1.82, 2.24) is 4.31 Å². The van der Waals surface area contributed by atoms with E-state index in [4.69, 9.17) is 10.5 Å². The molecule has 0 bridgehead atoms. The molecule has 0 radical (unpaired) electrons. The molecule has 0 amide bonds. The Morgan fingerprint density at radius 1 is 1.38 bits per heavy atom. The van der Waals surface area contributed by atoms with Crippen LogP contribution in [0.1, 0.15) is 28.8 Å². The molecular weight excluding hydrogens is 332 g/mol. The number of esters is 1. The van der Waals surface area contributed by atoms with Crippen LogP contribution in [0.5, 0.6) is 0 Å². The summed E-state index contributed by atoms with van der Waals surface area (Å²) in [6.45, 7) is 0.640. The number of nitrogens with two attached hydrogens (primary N) is 1. The average Bonchev–Trinajstić information content (AvgIpc) is 2.60. The van der Waals surface area contributed by atoms with Crippen LogP contribution in [0.15, 0.2) is 24.3 Å². The Bertz CT molecular complexity index is 677. The third-order valence-electron chi connectivity index (χ3n) is 4.27. The topological polar surface area (TPSA) is 98.9 Å². The summed E-state index contributed by atoms with van der Waals surface area (Å²) in [4.78, 5) is 11.6. The minimum atomic E-state index is -3.53. The molecule has 1 aromatic rings. The van der Waals surface area contributed by atoms with Crippen molar-refractivity contribution in [2.45, 2.75) is 30.7 Å². The number of hydrogen-bond donors (Lipinski definition) is 1. The highest BCUT2D eigenvalue weighted by Crippen LogP contribution is 2.24. The Kier molecular flexibility index (Phi) is 6.34. The van der Waals surface area contributed by atoms with E-state index in [9.17, 15) is 13.2 Å². The summed E-state index contributed by atoms with van der Waals surface area (Å²) in [5, 5.41) is 0. The zero-order valence-corrected chi connectivity index (χ0v) is 14.8. The Morgan fingerprint density at radius 2 is 2.12 bits per heavy atom. The van der Waals surface area contributed by atoms with Gasteiger partial charge in [-0.1, -0.05) is 12.1 Å². The number of benzene rings is 1. The number of ether oxygens (including phenoxy) is 2. The fraction of sp³-hybridized carbons (Fsp3) is 0.562. The van der Waals surface area contributed by atoms with Gasteiger partial charge in [-0.3, -0.25) is 0 Å². The quantitative estimate of drug-likeness (QED) is 0.755. The Labute approximate surface area is 142 Å². The second-order valence-corrected chi connectivity index (χ2v) is 7.75. The molecule has 0 aromatic heterocycles. The van der Waals surface area contributed by atoms with E-state index in [0.29, 0.717) is 30.5 Å². The smallest absolute Gasteiger partial charge is 0.337 e. The third kappa shape index (κ3) is 4.32. The Morgan fingerprint density at radius 3 is 2.75 bits per heavy atom. The highest BCUT2D eigenvalue weighted by Gasteiger charge is 2.35. The van der Waals surface area contributed by atoms with Gasteiger partial charge in [-0.25, -0.2) is 13.2 Å². The number of nitrogens with zero attached hydrogens (tertiary/aromatic N) is 1. The van der Waals surface area contributed by atoms with Crippen molar-refractivity contribution in [2.75, 3.05) is 27.3 Å². The molecule has 24 heavy (non-hydrogen) atoms. The maximum absolute atomic E-state index is 12.8. The van der Waals surface area contributed by atoms with Crippen LogP contribution in [0.3, 0.4) is 0 Å². The van der Waals surface area contributed by atoms with E-state index in [-0.39, 0.29) is 24.4 Å². The lowest BCUT2D eigenvalue weighted by Gasteiger charge is -2.37. The number of sulfonamides is 1. The maximum atomic E-state index is 12.8. The number of carbonyl (C=O) groups excluding carboxylic acids is 1. The van der Waals surface area contributed by atoms with Crippen molar-refractivity contribution >= 4 is 16.0 Å². The van der Waals surface area contributed by atoms with Gasteiger partial charge in [-0.15, -0.1) is 0 Å². The molecule has 1 aliphatic heterocycles. The summed E-state index contributed by atoms with van der Waals surface area (Å²) >= 11 is 0. The Hall–Kier alpha value is -1.48. The molecule has 0 saturated carbocycles. The molecule has 8 heteroatoms. The lowest BCUT2D eigenvalue weighted by Crippen LogP contribution is -2.51. The number of hydrogen-bond acceptors (Lipinski definition) is 6.